The molecule has 82 valence electrons. The summed E-state index contributed by atoms with van der Waals surface area (Å²) in [7, 11) is 0. The summed E-state index contributed by atoms with van der Waals surface area (Å²) in [6, 6.07) is 3.86. The van der Waals surface area contributed by atoms with Gasteiger partial charge in [0.15, 0.2) is 0 Å². The Labute approximate surface area is 96.0 Å². The van der Waals surface area contributed by atoms with Crippen LogP contribution in [0.1, 0.15) is 13.3 Å². The maximum absolute atomic E-state index is 13.3. The summed E-state index contributed by atoms with van der Waals surface area (Å²) in [5, 5.41) is 2.44. The van der Waals surface area contributed by atoms with Crippen molar-refractivity contribution in [2.24, 2.45) is 5.73 Å². The molecule has 1 rings (SSSR count). The molecule has 1 aromatic rings. The van der Waals surface area contributed by atoms with Crippen LogP contribution in [0.25, 0.3) is 0 Å². The average Bonchev–Trinajstić information content (AvgIpc) is 2.22. The highest BCUT2D eigenvalue weighted by atomic mass is 79.9. The normalized spacial score (nSPS) is 12.3. The Bertz CT molecular complexity index is 350. The predicted molar refractivity (Wildman–Crippen MR) is 61.0 cm³/mol. The van der Waals surface area contributed by atoms with Gasteiger partial charge in [-0.15, -0.1) is 0 Å². The molecule has 0 aliphatic rings. The Morgan fingerprint density at radius 2 is 2.33 bits per heavy atom. The first-order chi connectivity index (χ1) is 7.06. The second-order valence-corrected chi connectivity index (χ2v) is 3.95. The van der Waals surface area contributed by atoms with E-state index in [0.29, 0.717) is 10.9 Å². The second-order valence-electron chi connectivity index (χ2n) is 3.10. The van der Waals surface area contributed by atoms with E-state index in [9.17, 15) is 9.18 Å². The molecule has 0 heterocycles. The number of anilines is 1. The number of rotatable bonds is 3. The molecule has 3 N–H and O–H groups in total. The largest absolute Gasteiger partial charge is 0.321 e. The van der Waals surface area contributed by atoms with Crippen LogP contribution in [0.2, 0.25) is 0 Å². The highest BCUT2D eigenvalue weighted by Gasteiger charge is 2.14. The van der Waals surface area contributed by atoms with Gasteiger partial charge >= 0.3 is 0 Å². The van der Waals surface area contributed by atoms with Crippen LogP contribution in [0.5, 0.6) is 0 Å². The van der Waals surface area contributed by atoms with Gasteiger partial charge in [0.25, 0.3) is 0 Å². The summed E-state index contributed by atoms with van der Waals surface area (Å²) in [6.45, 7) is 1.79. The van der Waals surface area contributed by atoms with Crippen LogP contribution in [-0.2, 0) is 4.79 Å². The van der Waals surface area contributed by atoms with E-state index >= 15 is 0 Å². The van der Waals surface area contributed by atoms with Gasteiger partial charge in [-0.2, -0.15) is 0 Å². The van der Waals surface area contributed by atoms with Crippen molar-refractivity contribution < 1.29 is 9.18 Å². The molecule has 1 amide bonds. The van der Waals surface area contributed by atoms with Crippen molar-refractivity contribution in [1.29, 1.82) is 0 Å². The monoisotopic (exact) mass is 274 g/mol. The Hall–Kier alpha value is -0.940. The van der Waals surface area contributed by atoms with Gasteiger partial charge in [-0.25, -0.2) is 4.39 Å². The Kier molecular flexibility index (Phi) is 4.23. The fraction of sp³-hybridized carbons (Fsp3) is 0.300. The fourth-order valence-corrected chi connectivity index (χ4v) is 1.46. The zero-order chi connectivity index (χ0) is 11.4. The van der Waals surface area contributed by atoms with Gasteiger partial charge in [0.05, 0.1) is 11.7 Å². The van der Waals surface area contributed by atoms with E-state index in [0.717, 1.165) is 0 Å². The minimum Gasteiger partial charge on any atom is -0.321 e. The van der Waals surface area contributed by atoms with Crippen molar-refractivity contribution in [2.45, 2.75) is 19.4 Å². The first-order valence-electron chi connectivity index (χ1n) is 4.56. The maximum Gasteiger partial charge on any atom is 0.241 e. The molecule has 1 unspecified atom stereocenters. The second kappa shape index (κ2) is 5.23. The molecule has 15 heavy (non-hydrogen) atoms. The first kappa shape index (κ1) is 12.1. The van der Waals surface area contributed by atoms with Crippen LogP contribution < -0.4 is 11.1 Å². The lowest BCUT2D eigenvalue weighted by Gasteiger charge is -2.11. The molecule has 0 spiro atoms. The van der Waals surface area contributed by atoms with Crippen molar-refractivity contribution in [3.05, 3.63) is 28.5 Å². The molecule has 0 aliphatic heterocycles. The van der Waals surface area contributed by atoms with Crippen molar-refractivity contribution in [3.63, 3.8) is 0 Å². The molecule has 1 atom stereocenters. The SMILES string of the molecule is CCC(N)C(=O)Nc1c(F)cccc1Br. The number of hydrogen-bond donors (Lipinski definition) is 2. The van der Waals surface area contributed by atoms with Crippen molar-refractivity contribution >= 4 is 27.5 Å². The minimum absolute atomic E-state index is 0.131. The van der Waals surface area contributed by atoms with Crippen LogP contribution in [0.15, 0.2) is 22.7 Å². The van der Waals surface area contributed by atoms with E-state index in [1.54, 1.807) is 19.1 Å². The number of amides is 1. The fourth-order valence-electron chi connectivity index (χ4n) is 1.02. The van der Waals surface area contributed by atoms with E-state index in [1.165, 1.54) is 6.07 Å². The zero-order valence-corrected chi connectivity index (χ0v) is 9.84. The standard InChI is InChI=1S/C10H12BrFN2O/c1-2-8(13)10(15)14-9-6(11)4-3-5-7(9)12/h3-5,8H,2,13H2,1H3,(H,14,15). The molecule has 5 heteroatoms. The Morgan fingerprint density at radius 3 is 2.87 bits per heavy atom. The van der Waals surface area contributed by atoms with E-state index in [4.69, 9.17) is 5.73 Å². The van der Waals surface area contributed by atoms with Gasteiger partial charge in [-0.1, -0.05) is 13.0 Å². The molecule has 0 radical (unpaired) electrons. The zero-order valence-electron chi connectivity index (χ0n) is 8.26. The third kappa shape index (κ3) is 3.00. The van der Waals surface area contributed by atoms with Crippen molar-refractivity contribution in [3.8, 4) is 0 Å². The lowest BCUT2D eigenvalue weighted by Crippen LogP contribution is -2.35. The molecule has 0 bridgehead atoms. The molecule has 0 aliphatic carbocycles. The van der Waals surface area contributed by atoms with Crippen molar-refractivity contribution in [1.82, 2.24) is 0 Å². The van der Waals surface area contributed by atoms with E-state index < -0.39 is 11.9 Å². The average molecular weight is 275 g/mol. The van der Waals surface area contributed by atoms with Gasteiger partial charge in [0.2, 0.25) is 5.91 Å². The molecular weight excluding hydrogens is 263 g/mol. The van der Waals surface area contributed by atoms with Crippen LogP contribution in [-0.4, -0.2) is 11.9 Å². The lowest BCUT2D eigenvalue weighted by molar-refractivity contribution is -0.117. The molecule has 3 nitrogen and oxygen atoms in total. The molecule has 0 fully saturated rings. The third-order valence-corrected chi connectivity index (χ3v) is 2.65. The summed E-state index contributed by atoms with van der Waals surface area (Å²) in [5.41, 5.74) is 5.65. The maximum atomic E-state index is 13.3. The molecule has 0 aromatic heterocycles. The number of benzene rings is 1. The van der Waals surface area contributed by atoms with Gasteiger partial charge < -0.3 is 11.1 Å². The van der Waals surface area contributed by atoms with Crippen molar-refractivity contribution in [2.75, 3.05) is 5.32 Å². The molecule has 1 aromatic carbocycles. The summed E-state index contributed by atoms with van der Waals surface area (Å²) in [4.78, 5) is 11.4. The van der Waals surface area contributed by atoms with Gasteiger partial charge in [-0.3, -0.25) is 4.79 Å². The Balaban J connectivity index is 2.85. The van der Waals surface area contributed by atoms with Gasteiger partial charge in [0, 0.05) is 4.47 Å². The number of para-hydroxylation sites is 1. The number of nitrogens with two attached hydrogens (primary N) is 1. The summed E-state index contributed by atoms with van der Waals surface area (Å²) in [6.07, 6.45) is 0.512. The predicted octanol–water partition coefficient (Wildman–Crippen LogP) is 2.26. The number of hydrogen-bond acceptors (Lipinski definition) is 2. The van der Waals surface area contributed by atoms with Crippen LogP contribution in [0, 0.1) is 5.82 Å². The van der Waals surface area contributed by atoms with Crippen LogP contribution in [0.3, 0.4) is 0 Å². The van der Waals surface area contributed by atoms with E-state index in [2.05, 4.69) is 21.2 Å². The highest BCUT2D eigenvalue weighted by Crippen LogP contribution is 2.25. The highest BCUT2D eigenvalue weighted by molar-refractivity contribution is 9.10. The van der Waals surface area contributed by atoms with Gasteiger partial charge in [-0.05, 0) is 34.5 Å². The third-order valence-electron chi connectivity index (χ3n) is 1.99. The summed E-state index contributed by atoms with van der Waals surface area (Å²) >= 11 is 3.15. The topological polar surface area (TPSA) is 55.1 Å². The quantitative estimate of drug-likeness (QED) is 0.889. The summed E-state index contributed by atoms with van der Waals surface area (Å²) in [5.74, 6) is -0.871. The van der Waals surface area contributed by atoms with E-state index in [-0.39, 0.29) is 11.6 Å². The summed E-state index contributed by atoms with van der Waals surface area (Å²) < 4.78 is 13.8. The number of carbonyl (C=O) groups excluding carboxylic acids is 1. The van der Waals surface area contributed by atoms with E-state index in [1.807, 2.05) is 0 Å². The first-order valence-corrected chi connectivity index (χ1v) is 5.36. The molecule has 0 saturated carbocycles. The molecular formula is C10H12BrFN2O. The Morgan fingerprint density at radius 1 is 1.67 bits per heavy atom. The lowest BCUT2D eigenvalue weighted by atomic mass is 10.2. The van der Waals surface area contributed by atoms with Crippen LogP contribution >= 0.6 is 15.9 Å². The number of halogens is 2. The smallest absolute Gasteiger partial charge is 0.241 e. The van der Waals surface area contributed by atoms with Gasteiger partial charge in [0.1, 0.15) is 5.82 Å². The minimum atomic E-state index is -0.614. The number of nitrogens with one attached hydrogen (secondary N) is 1. The number of carbonyl (C=O) groups is 1. The molecule has 0 saturated heterocycles. The van der Waals surface area contributed by atoms with Crippen LogP contribution in [0.4, 0.5) is 10.1 Å².